The van der Waals surface area contributed by atoms with Crippen LogP contribution >= 0.6 is 0 Å². The van der Waals surface area contributed by atoms with Gasteiger partial charge in [0, 0.05) is 12.7 Å². The molecule has 0 aromatic carbocycles. The van der Waals surface area contributed by atoms with Gasteiger partial charge in [0.25, 0.3) is 0 Å². The standard InChI is InChI=1S/C13H23BN3O/c1-3-14-13(18)9-7-5-4-6-8-10-17-11-12(2)15-16-17/h11H,3-10H2,1-2H3. The highest BCUT2D eigenvalue weighted by molar-refractivity contribution is 6.73. The predicted octanol–water partition coefficient (Wildman–Crippen LogP) is 2.60. The van der Waals surface area contributed by atoms with E-state index in [-0.39, 0.29) is 0 Å². The quantitative estimate of drug-likeness (QED) is 0.472. The van der Waals surface area contributed by atoms with Crippen molar-refractivity contribution in [3.63, 3.8) is 0 Å². The largest absolute Gasteiger partial charge is 0.312 e. The van der Waals surface area contributed by atoms with Gasteiger partial charge >= 0.3 is 0 Å². The van der Waals surface area contributed by atoms with E-state index in [1.54, 1.807) is 7.28 Å². The van der Waals surface area contributed by atoms with Crippen LogP contribution in [-0.4, -0.2) is 28.0 Å². The maximum Gasteiger partial charge on any atom is 0.202 e. The zero-order chi connectivity index (χ0) is 13.2. The summed E-state index contributed by atoms with van der Waals surface area (Å²) in [6.07, 6.45) is 9.26. The summed E-state index contributed by atoms with van der Waals surface area (Å²) >= 11 is 0. The molecule has 0 bridgehead atoms. The summed E-state index contributed by atoms with van der Waals surface area (Å²) in [6, 6.07) is 0. The zero-order valence-electron chi connectivity index (χ0n) is 11.6. The van der Waals surface area contributed by atoms with Crippen molar-refractivity contribution in [2.45, 2.75) is 65.2 Å². The summed E-state index contributed by atoms with van der Waals surface area (Å²) in [7, 11) is 1.78. The van der Waals surface area contributed by atoms with Gasteiger partial charge in [-0.3, -0.25) is 4.68 Å². The minimum absolute atomic E-state index is 0.301. The first kappa shape index (κ1) is 14.9. The second-order valence-corrected chi connectivity index (χ2v) is 4.72. The molecule has 1 aromatic rings. The lowest BCUT2D eigenvalue weighted by Crippen LogP contribution is -2.06. The normalized spacial score (nSPS) is 10.6. The van der Waals surface area contributed by atoms with Crippen LogP contribution in [0.5, 0.6) is 0 Å². The minimum atomic E-state index is 0.301. The van der Waals surface area contributed by atoms with Crippen LogP contribution in [0.4, 0.5) is 0 Å². The molecule has 0 spiro atoms. The molecule has 0 aliphatic rings. The summed E-state index contributed by atoms with van der Waals surface area (Å²) in [6.45, 7) is 4.90. The van der Waals surface area contributed by atoms with Crippen LogP contribution in [0.25, 0.3) is 0 Å². The summed E-state index contributed by atoms with van der Waals surface area (Å²) < 4.78 is 1.90. The first-order valence-corrected chi connectivity index (χ1v) is 6.95. The van der Waals surface area contributed by atoms with E-state index < -0.39 is 0 Å². The lowest BCUT2D eigenvalue weighted by atomic mass is 9.69. The first-order valence-electron chi connectivity index (χ1n) is 6.95. The van der Waals surface area contributed by atoms with E-state index in [1.165, 1.54) is 12.8 Å². The van der Waals surface area contributed by atoms with Crippen molar-refractivity contribution < 1.29 is 4.79 Å². The van der Waals surface area contributed by atoms with Crippen molar-refractivity contribution in [2.24, 2.45) is 0 Å². The zero-order valence-corrected chi connectivity index (χ0v) is 11.6. The molecule has 0 amide bonds. The summed E-state index contributed by atoms with van der Waals surface area (Å²) in [5.74, 6) is 0. The number of carbonyl (C=O) groups is 1. The number of aromatic nitrogens is 3. The third kappa shape index (κ3) is 6.57. The molecule has 0 N–H and O–H groups in total. The Morgan fingerprint density at radius 3 is 2.67 bits per heavy atom. The van der Waals surface area contributed by atoms with Gasteiger partial charge in [0.05, 0.1) is 11.4 Å². The SMILES string of the molecule is CC[B]C(=O)CCCCCCCn1cc(C)nn1. The highest BCUT2D eigenvalue weighted by Gasteiger charge is 2.01. The Morgan fingerprint density at radius 1 is 1.28 bits per heavy atom. The van der Waals surface area contributed by atoms with E-state index in [9.17, 15) is 4.79 Å². The fraction of sp³-hybridized carbons (Fsp3) is 0.769. The predicted molar refractivity (Wildman–Crippen MR) is 73.7 cm³/mol. The molecular weight excluding hydrogens is 225 g/mol. The van der Waals surface area contributed by atoms with E-state index in [1.807, 2.05) is 24.7 Å². The van der Waals surface area contributed by atoms with Gasteiger partial charge in [-0.05, 0) is 26.2 Å². The average molecular weight is 248 g/mol. The second-order valence-electron chi connectivity index (χ2n) is 4.72. The highest BCUT2D eigenvalue weighted by atomic mass is 16.1. The molecule has 18 heavy (non-hydrogen) atoms. The van der Waals surface area contributed by atoms with E-state index in [0.29, 0.717) is 5.68 Å². The molecule has 4 nitrogen and oxygen atoms in total. The highest BCUT2D eigenvalue weighted by Crippen LogP contribution is 2.07. The van der Waals surface area contributed by atoms with E-state index in [0.717, 1.165) is 44.2 Å². The molecule has 0 fully saturated rings. The van der Waals surface area contributed by atoms with Gasteiger partial charge in [0.15, 0.2) is 0 Å². The van der Waals surface area contributed by atoms with Crippen LogP contribution in [0, 0.1) is 6.92 Å². The van der Waals surface area contributed by atoms with Crippen LogP contribution in [-0.2, 0) is 11.3 Å². The van der Waals surface area contributed by atoms with E-state index in [2.05, 4.69) is 10.3 Å². The molecule has 1 heterocycles. The van der Waals surface area contributed by atoms with Crippen molar-refractivity contribution in [3.8, 4) is 0 Å². The number of rotatable bonds is 10. The molecule has 0 aliphatic heterocycles. The number of hydrogen-bond donors (Lipinski definition) is 0. The molecule has 5 heteroatoms. The molecule has 1 radical (unpaired) electrons. The van der Waals surface area contributed by atoms with E-state index in [4.69, 9.17) is 0 Å². The summed E-state index contributed by atoms with van der Waals surface area (Å²) in [5, 5.41) is 7.97. The Kier molecular flexibility index (Phi) is 7.38. The lowest BCUT2D eigenvalue weighted by Gasteiger charge is -2.01. The summed E-state index contributed by atoms with van der Waals surface area (Å²) in [5.41, 5.74) is 1.27. The molecule has 0 unspecified atom stereocenters. The fourth-order valence-corrected chi connectivity index (χ4v) is 1.94. The van der Waals surface area contributed by atoms with Crippen molar-refractivity contribution >= 4 is 13.0 Å². The fourth-order valence-electron chi connectivity index (χ4n) is 1.94. The van der Waals surface area contributed by atoms with Crippen molar-refractivity contribution in [1.82, 2.24) is 15.0 Å². The first-order chi connectivity index (χ1) is 8.72. The second kappa shape index (κ2) is 8.89. The van der Waals surface area contributed by atoms with Crippen molar-refractivity contribution in [2.75, 3.05) is 0 Å². The Balaban J connectivity index is 1.91. The third-order valence-electron chi connectivity index (χ3n) is 2.90. The van der Waals surface area contributed by atoms with Gasteiger partial charge < -0.3 is 4.79 Å². The molecule has 1 aromatic heterocycles. The number of nitrogens with zero attached hydrogens (tertiary/aromatic N) is 3. The molecule has 0 saturated heterocycles. The molecule has 99 valence electrons. The molecule has 1 rings (SSSR count). The van der Waals surface area contributed by atoms with Crippen LogP contribution in [0.3, 0.4) is 0 Å². The van der Waals surface area contributed by atoms with Crippen LogP contribution < -0.4 is 0 Å². The third-order valence-corrected chi connectivity index (χ3v) is 2.90. The van der Waals surface area contributed by atoms with Crippen molar-refractivity contribution in [1.29, 1.82) is 0 Å². The molecule has 0 saturated carbocycles. The Bertz CT molecular complexity index is 352. The van der Waals surface area contributed by atoms with Crippen molar-refractivity contribution in [3.05, 3.63) is 11.9 Å². The lowest BCUT2D eigenvalue weighted by molar-refractivity contribution is -0.112. The Hall–Kier alpha value is -1.13. The van der Waals surface area contributed by atoms with Gasteiger partial charge in [0.2, 0.25) is 7.28 Å². The van der Waals surface area contributed by atoms with Gasteiger partial charge in [0.1, 0.15) is 0 Å². The van der Waals surface area contributed by atoms with Gasteiger partial charge in [-0.15, -0.1) is 5.10 Å². The number of unbranched alkanes of at least 4 members (excludes halogenated alkanes) is 4. The van der Waals surface area contributed by atoms with Gasteiger partial charge in [-0.1, -0.05) is 37.7 Å². The van der Waals surface area contributed by atoms with Crippen LogP contribution in [0.1, 0.15) is 51.1 Å². The average Bonchev–Trinajstić information content (AvgIpc) is 2.74. The molecule has 0 atom stereocenters. The number of carbonyl (C=O) groups excluding carboxylic acids is 1. The number of aryl methyl sites for hydroxylation is 2. The number of hydrogen-bond acceptors (Lipinski definition) is 3. The topological polar surface area (TPSA) is 47.8 Å². The Labute approximate surface area is 110 Å². The van der Waals surface area contributed by atoms with Crippen LogP contribution in [0.2, 0.25) is 6.32 Å². The maximum atomic E-state index is 11.2. The van der Waals surface area contributed by atoms with Gasteiger partial charge in [-0.2, -0.15) is 0 Å². The minimum Gasteiger partial charge on any atom is -0.312 e. The monoisotopic (exact) mass is 248 g/mol. The Morgan fingerprint density at radius 2 is 2.00 bits per heavy atom. The smallest absolute Gasteiger partial charge is 0.202 e. The van der Waals surface area contributed by atoms with Gasteiger partial charge in [-0.25, -0.2) is 0 Å². The van der Waals surface area contributed by atoms with E-state index >= 15 is 0 Å². The maximum absolute atomic E-state index is 11.2. The molecule has 0 aliphatic carbocycles. The van der Waals surface area contributed by atoms with Crippen LogP contribution in [0.15, 0.2) is 6.20 Å². The molecular formula is C13H23BN3O. The summed E-state index contributed by atoms with van der Waals surface area (Å²) in [4.78, 5) is 11.2.